The lowest BCUT2D eigenvalue weighted by Gasteiger charge is -2.03. The van der Waals surface area contributed by atoms with E-state index in [-0.39, 0.29) is 6.42 Å². The maximum atomic E-state index is 12.1. The zero-order chi connectivity index (χ0) is 6.57. The lowest BCUT2D eigenvalue weighted by molar-refractivity contribution is 0.227. The third-order valence-electron chi connectivity index (χ3n) is 1.02. The number of alkyl halides is 2. The Morgan fingerprint density at radius 3 is 2.00 bits per heavy atom. The molecule has 0 aliphatic carbocycles. The third-order valence-corrected chi connectivity index (χ3v) is 1.02. The van der Waals surface area contributed by atoms with Gasteiger partial charge in [0, 0.05) is 6.42 Å². The fourth-order valence-corrected chi connectivity index (χ4v) is 0.519. The van der Waals surface area contributed by atoms with Crippen LogP contribution >= 0.6 is 0 Å². The van der Waals surface area contributed by atoms with Gasteiger partial charge in [-0.25, -0.2) is 8.78 Å². The van der Waals surface area contributed by atoms with E-state index >= 15 is 0 Å². The molecule has 0 N–H and O–H groups in total. The zero-order valence-corrected chi connectivity index (χ0v) is 5.32. The van der Waals surface area contributed by atoms with Crippen molar-refractivity contribution in [3.8, 4) is 0 Å². The highest BCUT2D eigenvalue weighted by atomic mass is 19.1. The molecule has 0 aliphatic heterocycles. The molecule has 0 amide bonds. The molecule has 50 valence electrons. The topological polar surface area (TPSA) is 0 Å². The van der Waals surface area contributed by atoms with Crippen molar-refractivity contribution in [2.45, 2.75) is 39.0 Å². The largest absolute Gasteiger partial charge is 0.248 e. The molecule has 0 aliphatic rings. The predicted molar refractivity (Wildman–Crippen MR) is 30.4 cm³/mol. The van der Waals surface area contributed by atoms with Crippen LogP contribution in [0.15, 0.2) is 0 Å². The lowest BCUT2D eigenvalue weighted by atomic mass is 10.2. The molecule has 0 bridgehead atoms. The predicted octanol–water partition coefficient (Wildman–Crippen LogP) is 2.48. The zero-order valence-electron chi connectivity index (χ0n) is 5.32. The molecule has 0 saturated carbocycles. The van der Waals surface area contributed by atoms with Gasteiger partial charge in [0.1, 0.15) is 12.3 Å². The van der Waals surface area contributed by atoms with E-state index in [1.165, 1.54) is 6.92 Å². The summed E-state index contributed by atoms with van der Waals surface area (Å²) >= 11 is 0. The van der Waals surface area contributed by atoms with Gasteiger partial charge < -0.3 is 0 Å². The summed E-state index contributed by atoms with van der Waals surface area (Å²) in [4.78, 5) is 0. The van der Waals surface area contributed by atoms with Crippen LogP contribution in [0.4, 0.5) is 8.78 Å². The lowest BCUT2D eigenvalue weighted by Crippen LogP contribution is -2.04. The normalized spacial score (nSPS) is 18.0. The Hall–Kier alpha value is -0.140. The molecule has 0 spiro atoms. The Kier molecular flexibility index (Phi) is 3.75. The van der Waals surface area contributed by atoms with E-state index < -0.39 is 12.3 Å². The van der Waals surface area contributed by atoms with Crippen molar-refractivity contribution in [1.82, 2.24) is 0 Å². The quantitative estimate of drug-likeness (QED) is 0.539. The van der Waals surface area contributed by atoms with E-state index in [2.05, 4.69) is 0 Å². The summed E-state index contributed by atoms with van der Waals surface area (Å²) in [6, 6.07) is 0. The first-order valence-corrected chi connectivity index (χ1v) is 2.95. The van der Waals surface area contributed by atoms with Crippen molar-refractivity contribution < 1.29 is 8.78 Å². The summed E-state index contributed by atoms with van der Waals surface area (Å²) in [6.07, 6.45) is -1.47. The van der Waals surface area contributed by atoms with E-state index in [9.17, 15) is 8.78 Å². The maximum absolute atomic E-state index is 12.1. The summed E-state index contributed by atoms with van der Waals surface area (Å²) in [5.41, 5.74) is 0. The van der Waals surface area contributed by atoms with Crippen molar-refractivity contribution in [2.24, 2.45) is 0 Å². The second kappa shape index (κ2) is 3.81. The molecule has 2 atom stereocenters. The van der Waals surface area contributed by atoms with Crippen molar-refractivity contribution >= 4 is 0 Å². The average Bonchev–Trinajstić information content (AvgIpc) is 1.65. The molecular weight excluding hydrogens is 110 g/mol. The second-order valence-electron chi connectivity index (χ2n) is 2.02. The van der Waals surface area contributed by atoms with Gasteiger partial charge in [-0.3, -0.25) is 0 Å². The van der Waals surface area contributed by atoms with Gasteiger partial charge in [0.2, 0.25) is 0 Å². The molecule has 0 fully saturated rings. The fourth-order valence-electron chi connectivity index (χ4n) is 0.519. The fraction of sp³-hybridized carbons (Fsp3) is 1.00. The number of hydrogen-bond donors (Lipinski definition) is 0. The molecule has 0 saturated heterocycles. The van der Waals surface area contributed by atoms with E-state index in [1.807, 2.05) is 0 Å². The van der Waals surface area contributed by atoms with E-state index in [1.54, 1.807) is 6.92 Å². The van der Waals surface area contributed by atoms with Crippen LogP contribution < -0.4 is 0 Å². The van der Waals surface area contributed by atoms with Crippen LogP contribution in [0.1, 0.15) is 26.7 Å². The molecule has 2 heteroatoms. The molecule has 2 unspecified atom stereocenters. The maximum Gasteiger partial charge on any atom is 0.103 e. The monoisotopic (exact) mass is 122 g/mol. The van der Waals surface area contributed by atoms with Crippen LogP contribution in [0.2, 0.25) is 0 Å². The number of hydrogen-bond acceptors (Lipinski definition) is 0. The molecule has 0 rings (SSSR count). The van der Waals surface area contributed by atoms with Crippen molar-refractivity contribution in [2.75, 3.05) is 0 Å². The van der Waals surface area contributed by atoms with Crippen molar-refractivity contribution in [3.63, 3.8) is 0 Å². The Balaban J connectivity index is 3.10. The van der Waals surface area contributed by atoms with Crippen LogP contribution in [0.3, 0.4) is 0 Å². The second-order valence-corrected chi connectivity index (χ2v) is 2.02. The molecular formula is C6H12F2. The summed E-state index contributed by atoms with van der Waals surface area (Å²) in [7, 11) is 0. The van der Waals surface area contributed by atoms with E-state index in [4.69, 9.17) is 0 Å². The van der Waals surface area contributed by atoms with Crippen LogP contribution in [0, 0.1) is 0 Å². The van der Waals surface area contributed by atoms with Crippen molar-refractivity contribution in [1.29, 1.82) is 0 Å². The van der Waals surface area contributed by atoms with Gasteiger partial charge in [0.15, 0.2) is 0 Å². The van der Waals surface area contributed by atoms with Crippen LogP contribution in [-0.2, 0) is 0 Å². The Morgan fingerprint density at radius 2 is 1.88 bits per heavy atom. The molecule has 0 aromatic rings. The molecule has 0 aromatic heterocycles. The first kappa shape index (κ1) is 7.86. The number of rotatable bonds is 3. The SMILES string of the molecule is CCC(F)CC(C)F. The Labute approximate surface area is 48.9 Å². The Morgan fingerprint density at radius 1 is 1.38 bits per heavy atom. The highest BCUT2D eigenvalue weighted by molar-refractivity contribution is 4.56. The Bertz CT molecular complexity index is 52.5. The van der Waals surface area contributed by atoms with Gasteiger partial charge >= 0.3 is 0 Å². The van der Waals surface area contributed by atoms with Crippen LogP contribution in [0.25, 0.3) is 0 Å². The molecule has 0 aromatic carbocycles. The number of halogens is 2. The van der Waals surface area contributed by atoms with Gasteiger partial charge in [0.05, 0.1) is 0 Å². The third kappa shape index (κ3) is 4.03. The highest BCUT2D eigenvalue weighted by Crippen LogP contribution is 2.07. The molecule has 0 heterocycles. The minimum atomic E-state index is -0.995. The van der Waals surface area contributed by atoms with Gasteiger partial charge in [-0.2, -0.15) is 0 Å². The first-order chi connectivity index (χ1) is 3.66. The van der Waals surface area contributed by atoms with E-state index in [0.717, 1.165) is 0 Å². The highest BCUT2D eigenvalue weighted by Gasteiger charge is 2.07. The van der Waals surface area contributed by atoms with Crippen molar-refractivity contribution in [3.05, 3.63) is 0 Å². The average molecular weight is 122 g/mol. The molecule has 0 nitrogen and oxygen atoms in total. The van der Waals surface area contributed by atoms with Crippen LogP contribution in [-0.4, -0.2) is 12.3 Å². The van der Waals surface area contributed by atoms with E-state index in [0.29, 0.717) is 6.42 Å². The standard InChI is InChI=1S/C6H12F2/c1-3-6(8)4-5(2)7/h5-6H,3-4H2,1-2H3. The molecule has 0 radical (unpaired) electrons. The minimum absolute atomic E-state index is 0.0521. The minimum Gasteiger partial charge on any atom is -0.248 e. The van der Waals surface area contributed by atoms with Gasteiger partial charge in [-0.1, -0.05) is 6.92 Å². The van der Waals surface area contributed by atoms with Crippen LogP contribution in [0.5, 0.6) is 0 Å². The van der Waals surface area contributed by atoms with Gasteiger partial charge in [-0.05, 0) is 13.3 Å². The summed E-state index contributed by atoms with van der Waals surface area (Å²) in [6.45, 7) is 3.09. The smallest absolute Gasteiger partial charge is 0.103 e. The summed E-state index contributed by atoms with van der Waals surface area (Å²) in [5, 5.41) is 0. The first-order valence-electron chi connectivity index (χ1n) is 2.95. The summed E-state index contributed by atoms with van der Waals surface area (Å²) in [5.74, 6) is 0. The summed E-state index contributed by atoms with van der Waals surface area (Å²) < 4.78 is 24.0. The molecule has 8 heavy (non-hydrogen) atoms. The van der Waals surface area contributed by atoms with Gasteiger partial charge in [-0.15, -0.1) is 0 Å². The van der Waals surface area contributed by atoms with Gasteiger partial charge in [0.25, 0.3) is 0 Å².